The van der Waals surface area contributed by atoms with E-state index in [4.69, 9.17) is 0 Å². The summed E-state index contributed by atoms with van der Waals surface area (Å²) in [5, 5.41) is 2.91. The van der Waals surface area contributed by atoms with Crippen molar-refractivity contribution in [1.82, 2.24) is 10.2 Å². The van der Waals surface area contributed by atoms with Crippen molar-refractivity contribution in [1.29, 1.82) is 0 Å². The molecular formula is C20H23FN2O2. The highest BCUT2D eigenvalue weighted by Gasteiger charge is 2.15. The molecule has 0 aliphatic rings. The topological polar surface area (TPSA) is 49.4 Å². The van der Waals surface area contributed by atoms with Crippen LogP contribution in [0.25, 0.3) is 0 Å². The first kappa shape index (κ1) is 18.6. The summed E-state index contributed by atoms with van der Waals surface area (Å²) in [4.78, 5) is 25.4. The van der Waals surface area contributed by atoms with Crippen LogP contribution in [0.5, 0.6) is 0 Å². The molecule has 0 radical (unpaired) electrons. The zero-order chi connectivity index (χ0) is 18.2. The molecular weight excluding hydrogens is 319 g/mol. The molecule has 0 heterocycles. The predicted octanol–water partition coefficient (Wildman–Crippen LogP) is 3.44. The van der Waals surface area contributed by atoms with Crippen LogP contribution < -0.4 is 5.32 Å². The molecule has 132 valence electrons. The van der Waals surface area contributed by atoms with Gasteiger partial charge >= 0.3 is 0 Å². The van der Waals surface area contributed by atoms with Crippen LogP contribution in [0.2, 0.25) is 0 Å². The highest BCUT2D eigenvalue weighted by molar-refractivity contribution is 5.78. The van der Waals surface area contributed by atoms with Gasteiger partial charge in [0.15, 0.2) is 0 Å². The molecule has 0 bridgehead atoms. The predicted molar refractivity (Wildman–Crippen MR) is 95.1 cm³/mol. The quantitative estimate of drug-likeness (QED) is 0.838. The Kier molecular flexibility index (Phi) is 6.69. The maximum absolute atomic E-state index is 13.8. The smallest absolute Gasteiger partial charge is 0.222 e. The molecule has 0 saturated heterocycles. The summed E-state index contributed by atoms with van der Waals surface area (Å²) < 4.78 is 13.8. The molecule has 1 unspecified atom stereocenters. The van der Waals surface area contributed by atoms with Crippen molar-refractivity contribution in [3.05, 3.63) is 71.5 Å². The molecule has 2 amide bonds. The number of benzene rings is 2. The number of amides is 2. The van der Waals surface area contributed by atoms with Crippen molar-refractivity contribution in [2.75, 3.05) is 6.54 Å². The van der Waals surface area contributed by atoms with Gasteiger partial charge in [0, 0.05) is 32.0 Å². The second-order valence-electron chi connectivity index (χ2n) is 5.98. The summed E-state index contributed by atoms with van der Waals surface area (Å²) in [6, 6.07) is 15.9. The lowest BCUT2D eigenvalue weighted by Crippen LogP contribution is -2.34. The van der Waals surface area contributed by atoms with E-state index in [1.807, 2.05) is 37.3 Å². The molecule has 0 aromatic heterocycles. The molecule has 0 saturated carbocycles. The van der Waals surface area contributed by atoms with Gasteiger partial charge in [-0.1, -0.05) is 48.5 Å². The summed E-state index contributed by atoms with van der Waals surface area (Å²) in [6.07, 6.45) is 0.172. The first-order valence-corrected chi connectivity index (χ1v) is 8.30. The normalized spacial score (nSPS) is 11.6. The minimum absolute atomic E-state index is 0.106. The van der Waals surface area contributed by atoms with E-state index in [0.717, 1.165) is 5.56 Å². The van der Waals surface area contributed by atoms with E-state index in [2.05, 4.69) is 5.32 Å². The van der Waals surface area contributed by atoms with Crippen LogP contribution >= 0.6 is 0 Å². The van der Waals surface area contributed by atoms with E-state index in [1.165, 1.54) is 17.9 Å². The molecule has 4 nitrogen and oxygen atoms in total. The van der Waals surface area contributed by atoms with Crippen LogP contribution in [0.1, 0.15) is 37.4 Å². The Hall–Kier alpha value is -2.69. The van der Waals surface area contributed by atoms with Crippen LogP contribution in [0, 0.1) is 5.82 Å². The molecule has 0 aliphatic carbocycles. The number of hydrogen-bond donors (Lipinski definition) is 1. The molecule has 2 rings (SSSR count). The summed E-state index contributed by atoms with van der Waals surface area (Å²) >= 11 is 0. The lowest BCUT2D eigenvalue weighted by molar-refractivity contribution is -0.130. The average molecular weight is 342 g/mol. The van der Waals surface area contributed by atoms with Crippen LogP contribution in [-0.2, 0) is 16.1 Å². The van der Waals surface area contributed by atoms with Crippen molar-refractivity contribution in [2.24, 2.45) is 0 Å². The fourth-order valence-corrected chi connectivity index (χ4v) is 2.56. The molecule has 1 N–H and O–H groups in total. The largest absolute Gasteiger partial charge is 0.350 e. The number of nitrogens with zero attached hydrogens (tertiary/aromatic N) is 1. The van der Waals surface area contributed by atoms with Crippen molar-refractivity contribution in [3.8, 4) is 0 Å². The second-order valence-corrected chi connectivity index (χ2v) is 5.98. The Morgan fingerprint density at radius 3 is 2.36 bits per heavy atom. The molecule has 1 atom stereocenters. The molecule has 5 heteroatoms. The third kappa shape index (κ3) is 5.71. The van der Waals surface area contributed by atoms with Gasteiger partial charge in [-0.05, 0) is 18.6 Å². The standard InChI is InChI=1S/C20H23FN2O2/c1-15(17-8-4-3-5-9-17)22-20(25)12-13-23(16(2)24)14-18-10-6-7-11-19(18)21/h3-11,15H,12-14H2,1-2H3,(H,22,25). The Bertz CT molecular complexity index is 719. The van der Waals surface area contributed by atoms with Gasteiger partial charge in [-0.25, -0.2) is 4.39 Å². The fourth-order valence-electron chi connectivity index (χ4n) is 2.56. The van der Waals surface area contributed by atoms with E-state index < -0.39 is 0 Å². The van der Waals surface area contributed by atoms with Crippen LogP contribution in [0.3, 0.4) is 0 Å². The summed E-state index contributed by atoms with van der Waals surface area (Å²) in [7, 11) is 0. The molecule has 0 fully saturated rings. The van der Waals surface area contributed by atoms with Gasteiger partial charge < -0.3 is 10.2 Å². The number of carbonyl (C=O) groups is 2. The Morgan fingerprint density at radius 1 is 1.08 bits per heavy atom. The van der Waals surface area contributed by atoms with E-state index in [-0.39, 0.29) is 43.2 Å². The zero-order valence-corrected chi connectivity index (χ0v) is 14.5. The van der Waals surface area contributed by atoms with E-state index >= 15 is 0 Å². The average Bonchev–Trinajstić information content (AvgIpc) is 2.60. The highest BCUT2D eigenvalue weighted by Crippen LogP contribution is 2.13. The van der Waals surface area contributed by atoms with Gasteiger partial charge in [-0.15, -0.1) is 0 Å². The van der Waals surface area contributed by atoms with Crippen molar-refractivity contribution in [3.63, 3.8) is 0 Å². The van der Waals surface area contributed by atoms with Gasteiger partial charge in [-0.2, -0.15) is 0 Å². The van der Waals surface area contributed by atoms with Crippen molar-refractivity contribution in [2.45, 2.75) is 32.9 Å². The summed E-state index contributed by atoms with van der Waals surface area (Å²) in [5.74, 6) is -0.681. The summed E-state index contributed by atoms with van der Waals surface area (Å²) in [5.41, 5.74) is 1.46. The number of nitrogens with one attached hydrogen (secondary N) is 1. The van der Waals surface area contributed by atoms with Crippen LogP contribution in [0.15, 0.2) is 54.6 Å². The maximum Gasteiger partial charge on any atom is 0.222 e. The van der Waals surface area contributed by atoms with Crippen LogP contribution in [-0.4, -0.2) is 23.3 Å². The second kappa shape index (κ2) is 8.97. The minimum atomic E-state index is -0.351. The molecule has 25 heavy (non-hydrogen) atoms. The van der Waals surface area contributed by atoms with E-state index in [1.54, 1.807) is 18.2 Å². The molecule has 2 aromatic carbocycles. The SMILES string of the molecule is CC(=O)N(CCC(=O)NC(C)c1ccccc1)Cc1ccccc1F. The van der Waals surface area contributed by atoms with Gasteiger partial charge in [0.05, 0.1) is 6.04 Å². The molecule has 2 aromatic rings. The fraction of sp³-hybridized carbons (Fsp3) is 0.300. The van der Waals surface area contributed by atoms with Gasteiger partial charge in [-0.3, -0.25) is 9.59 Å². The lowest BCUT2D eigenvalue weighted by Gasteiger charge is -2.22. The zero-order valence-electron chi connectivity index (χ0n) is 14.5. The minimum Gasteiger partial charge on any atom is -0.350 e. The number of halogens is 1. The van der Waals surface area contributed by atoms with Gasteiger partial charge in [0.25, 0.3) is 0 Å². The van der Waals surface area contributed by atoms with Gasteiger partial charge in [0.1, 0.15) is 5.82 Å². The number of carbonyl (C=O) groups excluding carboxylic acids is 2. The van der Waals surface area contributed by atoms with E-state index in [0.29, 0.717) is 5.56 Å². The maximum atomic E-state index is 13.8. The van der Waals surface area contributed by atoms with Crippen molar-refractivity contribution >= 4 is 11.8 Å². The Labute approximate surface area is 147 Å². The highest BCUT2D eigenvalue weighted by atomic mass is 19.1. The Morgan fingerprint density at radius 2 is 1.72 bits per heavy atom. The summed E-state index contributed by atoms with van der Waals surface area (Å²) in [6.45, 7) is 3.74. The first-order valence-electron chi connectivity index (χ1n) is 8.30. The Balaban J connectivity index is 1.89. The third-order valence-electron chi connectivity index (χ3n) is 4.05. The molecule has 0 spiro atoms. The van der Waals surface area contributed by atoms with Crippen LogP contribution in [0.4, 0.5) is 4.39 Å². The van der Waals surface area contributed by atoms with Crippen molar-refractivity contribution < 1.29 is 14.0 Å². The van der Waals surface area contributed by atoms with Gasteiger partial charge in [0.2, 0.25) is 11.8 Å². The number of hydrogen-bond acceptors (Lipinski definition) is 2. The third-order valence-corrected chi connectivity index (χ3v) is 4.05. The number of rotatable bonds is 7. The monoisotopic (exact) mass is 342 g/mol. The lowest BCUT2D eigenvalue weighted by atomic mass is 10.1. The van der Waals surface area contributed by atoms with E-state index in [9.17, 15) is 14.0 Å². The molecule has 0 aliphatic heterocycles. The first-order chi connectivity index (χ1) is 12.0.